The van der Waals surface area contributed by atoms with Crippen molar-refractivity contribution < 1.29 is 9.53 Å². The molecule has 1 aromatic rings. The highest BCUT2D eigenvalue weighted by molar-refractivity contribution is 5.77. The van der Waals surface area contributed by atoms with E-state index < -0.39 is 0 Å². The maximum absolute atomic E-state index is 12.5. The Balaban J connectivity index is 1.47. The second-order valence-electron chi connectivity index (χ2n) is 7.46. The number of nitrogens with zero attached hydrogens (tertiary/aromatic N) is 4. The Hall–Kier alpha value is -1.69. The summed E-state index contributed by atoms with van der Waals surface area (Å²) in [5.41, 5.74) is 0.921. The van der Waals surface area contributed by atoms with Crippen LogP contribution in [0.4, 0.5) is 5.82 Å². The van der Waals surface area contributed by atoms with Crippen LogP contribution in [0.15, 0.2) is 12.1 Å². The molecule has 2 aliphatic rings. The van der Waals surface area contributed by atoms with Crippen LogP contribution in [0.5, 0.6) is 0 Å². The molecule has 0 aromatic carbocycles. The molecular formula is C19H30N4O2. The zero-order chi connectivity index (χ0) is 17.6. The van der Waals surface area contributed by atoms with Crippen LogP contribution in [-0.4, -0.2) is 59.9 Å². The summed E-state index contributed by atoms with van der Waals surface area (Å²) in [5, 5.41) is 8.40. The van der Waals surface area contributed by atoms with E-state index in [0.717, 1.165) is 62.9 Å². The van der Waals surface area contributed by atoms with E-state index in [0.29, 0.717) is 0 Å². The number of rotatable bonds is 4. The second kappa shape index (κ2) is 8.61. The highest BCUT2D eigenvalue weighted by atomic mass is 16.5. The Morgan fingerprint density at radius 1 is 1.16 bits per heavy atom. The molecule has 1 saturated carbocycles. The molecule has 0 unspecified atom stereocenters. The molecule has 138 valence electrons. The molecule has 0 spiro atoms. The summed E-state index contributed by atoms with van der Waals surface area (Å²) < 4.78 is 5.91. The molecule has 1 aliphatic heterocycles. The lowest BCUT2D eigenvalue weighted by Crippen LogP contribution is -2.38. The summed E-state index contributed by atoms with van der Waals surface area (Å²) in [4.78, 5) is 16.7. The van der Waals surface area contributed by atoms with Crippen molar-refractivity contribution >= 4 is 11.7 Å². The Bertz CT molecular complexity index is 563. The van der Waals surface area contributed by atoms with Crippen LogP contribution in [0.1, 0.15) is 44.7 Å². The van der Waals surface area contributed by atoms with Crippen molar-refractivity contribution in [3.05, 3.63) is 17.8 Å². The Labute approximate surface area is 150 Å². The van der Waals surface area contributed by atoms with Gasteiger partial charge in [-0.05, 0) is 44.2 Å². The molecule has 2 heterocycles. The lowest BCUT2D eigenvalue weighted by atomic mass is 9.89. The average Bonchev–Trinajstić information content (AvgIpc) is 2.87. The largest absolute Gasteiger partial charge is 0.368 e. The molecule has 0 radical (unpaired) electrons. The van der Waals surface area contributed by atoms with Crippen molar-refractivity contribution in [2.75, 3.05) is 37.7 Å². The molecule has 2 fully saturated rings. The van der Waals surface area contributed by atoms with Crippen molar-refractivity contribution in [1.82, 2.24) is 15.1 Å². The Morgan fingerprint density at radius 3 is 2.80 bits per heavy atom. The smallest absolute Gasteiger partial charge is 0.248 e. The van der Waals surface area contributed by atoms with Crippen LogP contribution < -0.4 is 4.90 Å². The first-order valence-corrected chi connectivity index (χ1v) is 9.56. The van der Waals surface area contributed by atoms with Gasteiger partial charge < -0.3 is 14.5 Å². The number of carbonyl (C=O) groups excluding carboxylic acids is 1. The third-order valence-electron chi connectivity index (χ3n) is 5.29. The zero-order valence-corrected chi connectivity index (χ0v) is 15.5. The number of anilines is 1. The number of amides is 1. The van der Waals surface area contributed by atoms with Crippen molar-refractivity contribution in [1.29, 1.82) is 0 Å². The van der Waals surface area contributed by atoms with E-state index in [2.05, 4.69) is 22.0 Å². The molecule has 1 aromatic heterocycles. The van der Waals surface area contributed by atoms with Crippen molar-refractivity contribution in [2.24, 2.45) is 5.92 Å². The van der Waals surface area contributed by atoms with Gasteiger partial charge in [0.2, 0.25) is 5.91 Å². The van der Waals surface area contributed by atoms with Crippen LogP contribution in [-0.2, 0) is 9.53 Å². The Kier molecular flexibility index (Phi) is 6.24. The van der Waals surface area contributed by atoms with Gasteiger partial charge in [-0.3, -0.25) is 4.79 Å². The maximum Gasteiger partial charge on any atom is 0.248 e. The summed E-state index contributed by atoms with van der Waals surface area (Å²) in [6.07, 6.45) is 5.90. The van der Waals surface area contributed by atoms with Crippen LogP contribution in [0.3, 0.4) is 0 Å². The van der Waals surface area contributed by atoms with Crippen molar-refractivity contribution in [2.45, 2.75) is 52.1 Å². The van der Waals surface area contributed by atoms with E-state index in [9.17, 15) is 4.79 Å². The van der Waals surface area contributed by atoms with Gasteiger partial charge in [0.1, 0.15) is 6.61 Å². The van der Waals surface area contributed by atoms with Gasteiger partial charge in [0, 0.05) is 26.2 Å². The van der Waals surface area contributed by atoms with E-state index in [1.807, 2.05) is 24.0 Å². The van der Waals surface area contributed by atoms with E-state index in [-0.39, 0.29) is 18.6 Å². The third kappa shape index (κ3) is 5.14. The molecular weight excluding hydrogens is 316 g/mol. The molecule has 1 amide bonds. The minimum atomic E-state index is 0.120. The number of aromatic nitrogens is 2. The first kappa shape index (κ1) is 18.1. The van der Waals surface area contributed by atoms with Crippen LogP contribution >= 0.6 is 0 Å². The molecule has 3 rings (SSSR count). The summed E-state index contributed by atoms with van der Waals surface area (Å²) >= 11 is 0. The SMILES string of the molecule is Cc1ccc(N2CCCN(C(=O)CO[C@@H]3CCC[C@@H](C)C3)CC2)nn1. The second-order valence-corrected chi connectivity index (χ2v) is 7.46. The normalized spacial score (nSPS) is 24.9. The van der Waals surface area contributed by atoms with Gasteiger partial charge in [0.15, 0.2) is 5.82 Å². The lowest BCUT2D eigenvalue weighted by molar-refractivity contribution is -0.139. The number of aryl methyl sites for hydroxylation is 1. The third-order valence-corrected chi connectivity index (χ3v) is 5.29. The fourth-order valence-corrected chi connectivity index (χ4v) is 3.77. The molecule has 1 saturated heterocycles. The zero-order valence-electron chi connectivity index (χ0n) is 15.5. The van der Waals surface area contributed by atoms with Gasteiger partial charge >= 0.3 is 0 Å². The molecule has 1 aliphatic carbocycles. The average molecular weight is 346 g/mol. The summed E-state index contributed by atoms with van der Waals surface area (Å²) in [7, 11) is 0. The molecule has 6 nitrogen and oxygen atoms in total. The van der Waals surface area contributed by atoms with E-state index in [1.54, 1.807) is 0 Å². The summed E-state index contributed by atoms with van der Waals surface area (Å²) in [5.74, 6) is 1.73. The predicted molar refractivity (Wildman–Crippen MR) is 97.6 cm³/mol. The number of ether oxygens (including phenoxy) is 1. The minimum Gasteiger partial charge on any atom is -0.368 e. The van der Waals surface area contributed by atoms with E-state index in [4.69, 9.17) is 4.74 Å². The van der Waals surface area contributed by atoms with Gasteiger partial charge in [0.05, 0.1) is 11.8 Å². The molecule has 0 bridgehead atoms. The maximum atomic E-state index is 12.5. The van der Waals surface area contributed by atoms with E-state index in [1.165, 1.54) is 12.8 Å². The quantitative estimate of drug-likeness (QED) is 0.838. The minimum absolute atomic E-state index is 0.120. The van der Waals surface area contributed by atoms with Crippen molar-refractivity contribution in [3.63, 3.8) is 0 Å². The highest BCUT2D eigenvalue weighted by Gasteiger charge is 2.23. The predicted octanol–water partition coefficient (Wildman–Crippen LogP) is 2.42. The van der Waals surface area contributed by atoms with Crippen LogP contribution in [0.2, 0.25) is 0 Å². The number of hydrogen-bond acceptors (Lipinski definition) is 5. The standard InChI is InChI=1S/C19H30N4O2/c1-15-5-3-6-17(13-15)25-14-19(24)23-10-4-9-22(11-12-23)18-8-7-16(2)20-21-18/h7-8,15,17H,3-6,9-14H2,1-2H3/t15-,17-/m1/s1. The van der Waals surface area contributed by atoms with Crippen LogP contribution in [0, 0.1) is 12.8 Å². The number of hydrogen-bond donors (Lipinski definition) is 0. The molecule has 6 heteroatoms. The fraction of sp³-hybridized carbons (Fsp3) is 0.737. The first-order chi connectivity index (χ1) is 12.1. The summed E-state index contributed by atoms with van der Waals surface area (Å²) in [6, 6.07) is 3.99. The summed E-state index contributed by atoms with van der Waals surface area (Å²) in [6.45, 7) is 7.65. The molecule has 0 N–H and O–H groups in total. The number of carbonyl (C=O) groups is 1. The van der Waals surface area contributed by atoms with E-state index >= 15 is 0 Å². The highest BCUT2D eigenvalue weighted by Crippen LogP contribution is 2.25. The Morgan fingerprint density at radius 2 is 2.04 bits per heavy atom. The van der Waals surface area contributed by atoms with Crippen LogP contribution in [0.25, 0.3) is 0 Å². The van der Waals surface area contributed by atoms with Crippen molar-refractivity contribution in [3.8, 4) is 0 Å². The van der Waals surface area contributed by atoms with Gasteiger partial charge in [-0.25, -0.2) is 0 Å². The van der Waals surface area contributed by atoms with Gasteiger partial charge in [-0.2, -0.15) is 5.10 Å². The monoisotopic (exact) mass is 346 g/mol. The molecule has 25 heavy (non-hydrogen) atoms. The van der Waals surface area contributed by atoms with Gasteiger partial charge in [-0.15, -0.1) is 5.10 Å². The first-order valence-electron chi connectivity index (χ1n) is 9.56. The topological polar surface area (TPSA) is 58.6 Å². The van der Waals surface area contributed by atoms with Gasteiger partial charge in [-0.1, -0.05) is 19.8 Å². The van der Waals surface area contributed by atoms with Gasteiger partial charge in [0.25, 0.3) is 0 Å². The lowest BCUT2D eigenvalue weighted by Gasteiger charge is -2.28. The molecule has 2 atom stereocenters. The fourth-order valence-electron chi connectivity index (χ4n) is 3.77.